The van der Waals surface area contributed by atoms with Crippen molar-refractivity contribution in [1.29, 1.82) is 0 Å². The van der Waals surface area contributed by atoms with Gasteiger partial charge in [-0.3, -0.25) is 9.59 Å². The molecular formula is C32H35ClN3O5+. The predicted molar refractivity (Wildman–Crippen MR) is 156 cm³/mol. The number of hydrogen-bond donors (Lipinski definition) is 4. The van der Waals surface area contributed by atoms with E-state index in [1.165, 1.54) is 4.90 Å². The van der Waals surface area contributed by atoms with Crippen LogP contribution in [0.2, 0.25) is 5.02 Å². The lowest BCUT2D eigenvalue weighted by atomic mass is 9.89. The lowest BCUT2D eigenvalue weighted by Gasteiger charge is -2.32. The summed E-state index contributed by atoms with van der Waals surface area (Å²) in [5.41, 5.74) is 1.84. The Bertz CT molecular complexity index is 1470. The highest BCUT2D eigenvalue weighted by Crippen LogP contribution is 2.48. The number of aliphatic hydroxyl groups excluding tert-OH is 1. The molecule has 3 aromatic carbocycles. The largest absolute Gasteiger partial charge is 0.545 e. The molecule has 0 spiro atoms. The van der Waals surface area contributed by atoms with Crippen LogP contribution in [0, 0.1) is 0 Å². The molecule has 8 nitrogen and oxygen atoms in total. The minimum atomic E-state index is -1.87. The third-order valence-corrected chi connectivity index (χ3v) is 7.74. The number of halogens is 1. The van der Waals surface area contributed by atoms with Gasteiger partial charge in [0.05, 0.1) is 0 Å². The van der Waals surface area contributed by atoms with E-state index in [0.717, 1.165) is 22.3 Å². The van der Waals surface area contributed by atoms with E-state index >= 15 is 0 Å². The Morgan fingerprint density at radius 3 is 2.32 bits per heavy atom. The maximum absolute atomic E-state index is 14.1. The number of hydrogen-bond acceptors (Lipinski definition) is 4. The van der Waals surface area contributed by atoms with Gasteiger partial charge < -0.3 is 25.2 Å². The summed E-state index contributed by atoms with van der Waals surface area (Å²) in [6, 6.07) is 19.3. The Labute approximate surface area is 244 Å². The minimum Gasteiger partial charge on any atom is -0.430 e. The first kappa shape index (κ1) is 28.6. The minimum absolute atomic E-state index is 0.172. The zero-order valence-electron chi connectivity index (χ0n) is 23.4. The van der Waals surface area contributed by atoms with Crippen LogP contribution >= 0.6 is 11.6 Å². The quantitative estimate of drug-likeness (QED) is 0.266. The van der Waals surface area contributed by atoms with E-state index in [-0.39, 0.29) is 25.1 Å². The molecule has 2 amide bonds. The number of carbonyl (C=O) groups excluding carboxylic acids is 2. The molecule has 1 saturated heterocycles. The van der Waals surface area contributed by atoms with Crippen molar-refractivity contribution < 1.29 is 29.5 Å². The fourth-order valence-corrected chi connectivity index (χ4v) is 5.86. The first-order chi connectivity index (χ1) is 19.5. The number of nitrogens with zero attached hydrogens (tertiary/aromatic N) is 1. The summed E-state index contributed by atoms with van der Waals surface area (Å²) in [7, 11) is 0. The fourth-order valence-electron chi connectivity index (χ4n) is 5.66. The molecule has 1 aliphatic carbocycles. The second-order valence-corrected chi connectivity index (χ2v) is 11.9. The number of fused-ring (bicyclic) bond motifs is 3. The van der Waals surface area contributed by atoms with Gasteiger partial charge in [-0.1, -0.05) is 66.2 Å². The number of aliphatic hydroxyl groups is 2. The van der Waals surface area contributed by atoms with Crippen LogP contribution in [0.15, 0.2) is 66.7 Å². The molecule has 1 heterocycles. The van der Waals surface area contributed by atoms with Crippen LogP contribution in [0.5, 0.6) is 0 Å². The van der Waals surface area contributed by atoms with E-state index in [4.69, 9.17) is 16.3 Å². The van der Waals surface area contributed by atoms with Crippen molar-refractivity contribution in [3.05, 3.63) is 94.0 Å². The molecular weight excluding hydrogens is 542 g/mol. The molecule has 4 N–H and O–H groups in total. The fraction of sp³-hybridized carbons (Fsp3) is 0.344. The molecule has 0 aromatic heterocycles. The van der Waals surface area contributed by atoms with Gasteiger partial charge in [-0.05, 0) is 62.4 Å². The summed E-state index contributed by atoms with van der Waals surface area (Å²) in [4.78, 5) is 31.9. The van der Waals surface area contributed by atoms with Crippen molar-refractivity contribution in [3.8, 4) is 11.1 Å². The second-order valence-electron chi connectivity index (χ2n) is 11.5. The van der Waals surface area contributed by atoms with Gasteiger partial charge in [-0.15, -0.1) is 0 Å². The molecule has 3 aromatic rings. The Hall–Kier alpha value is -3.88. The zero-order chi connectivity index (χ0) is 29.4. The maximum Gasteiger partial charge on any atom is 0.545 e. The highest BCUT2D eigenvalue weighted by Gasteiger charge is 2.52. The lowest BCUT2D eigenvalue weighted by Crippen LogP contribution is -2.72. The highest BCUT2D eigenvalue weighted by atomic mass is 35.5. The van der Waals surface area contributed by atoms with Crippen molar-refractivity contribution in [2.24, 2.45) is 0 Å². The number of nitrogens with one attached hydrogen (secondary N) is 2. The summed E-state index contributed by atoms with van der Waals surface area (Å²) in [6.07, 6.45) is 0.849. The smallest absolute Gasteiger partial charge is 0.430 e. The molecule has 2 aliphatic rings. The lowest BCUT2D eigenvalue weighted by molar-refractivity contribution is -0.498. The number of ether oxygens (including phenoxy) is 1. The van der Waals surface area contributed by atoms with Gasteiger partial charge >= 0.3 is 6.08 Å². The molecule has 1 aliphatic heterocycles. The van der Waals surface area contributed by atoms with Crippen LogP contribution in [0.1, 0.15) is 55.9 Å². The number of rotatable bonds is 6. The van der Waals surface area contributed by atoms with Crippen molar-refractivity contribution in [3.63, 3.8) is 0 Å². The Morgan fingerprint density at radius 2 is 1.68 bits per heavy atom. The number of likely N-dealkylation sites (tertiary alicyclic amines) is 1. The van der Waals surface area contributed by atoms with Gasteiger partial charge in [-0.2, -0.15) is 4.99 Å². The topological polar surface area (TPSA) is 113 Å². The highest BCUT2D eigenvalue weighted by molar-refractivity contribution is 6.30. The van der Waals surface area contributed by atoms with Crippen LogP contribution in [-0.4, -0.2) is 51.2 Å². The van der Waals surface area contributed by atoms with Gasteiger partial charge in [0.1, 0.15) is 11.6 Å². The Balaban J connectivity index is 1.33. The number of amides is 2. The first-order valence-corrected chi connectivity index (χ1v) is 14.1. The van der Waals surface area contributed by atoms with Crippen LogP contribution in [0.4, 0.5) is 0 Å². The molecule has 41 heavy (non-hydrogen) atoms. The molecule has 9 heteroatoms. The molecule has 1 fully saturated rings. The number of carbonyl (C=O) groups is 2. The van der Waals surface area contributed by atoms with E-state index in [2.05, 4.69) is 10.3 Å². The van der Waals surface area contributed by atoms with E-state index in [9.17, 15) is 19.8 Å². The Morgan fingerprint density at radius 1 is 1.05 bits per heavy atom. The molecule has 0 saturated carbocycles. The predicted octanol–water partition coefficient (Wildman–Crippen LogP) is 3.17. The molecule has 214 valence electrons. The molecule has 1 atom stereocenters. The van der Waals surface area contributed by atoms with E-state index in [1.54, 1.807) is 36.4 Å². The molecule has 0 radical (unpaired) electrons. The maximum atomic E-state index is 14.1. The number of benzene rings is 3. The Kier molecular flexibility index (Phi) is 7.81. The third kappa shape index (κ3) is 5.67. The molecule has 1 unspecified atom stereocenters. The van der Waals surface area contributed by atoms with Crippen LogP contribution in [0.25, 0.3) is 11.1 Å². The average molecular weight is 577 g/mol. The van der Waals surface area contributed by atoms with Gasteiger partial charge in [0.25, 0.3) is 5.91 Å². The van der Waals surface area contributed by atoms with E-state index in [0.29, 0.717) is 35.5 Å². The average Bonchev–Trinajstić information content (AvgIpc) is 3.53. The van der Waals surface area contributed by atoms with Crippen LogP contribution < -0.4 is 10.3 Å². The monoisotopic (exact) mass is 576 g/mol. The van der Waals surface area contributed by atoms with Gasteiger partial charge in [0.15, 0.2) is 12.1 Å². The van der Waals surface area contributed by atoms with Crippen molar-refractivity contribution in [2.45, 2.75) is 63.9 Å². The summed E-state index contributed by atoms with van der Waals surface area (Å²) in [5, 5.41) is 25.6. The van der Waals surface area contributed by atoms with E-state index in [1.807, 2.05) is 51.1 Å². The SMILES string of the molecule is CC(C)(C)OC(O)=[NH+]Cc1ccc(Cl)cc1CNC(=O)C1CCCN1C(=O)C1(O)c2ccccc2-c2ccccc21. The summed E-state index contributed by atoms with van der Waals surface area (Å²) >= 11 is 6.25. The van der Waals surface area contributed by atoms with Crippen molar-refractivity contribution in [2.75, 3.05) is 6.54 Å². The summed E-state index contributed by atoms with van der Waals surface area (Å²) in [5.74, 6) is -0.798. The third-order valence-electron chi connectivity index (χ3n) is 7.50. The zero-order valence-corrected chi connectivity index (χ0v) is 24.2. The first-order valence-electron chi connectivity index (χ1n) is 13.8. The van der Waals surface area contributed by atoms with Crippen molar-refractivity contribution >= 4 is 29.5 Å². The standard InChI is InChI=1S/C32H34ClN3O5/c1-31(2,3)41-30(39)35-18-20-14-15-22(33)17-21(20)19-34-28(37)27-13-8-16-36(27)29(38)32(40)25-11-6-4-9-23(25)24-10-5-7-12-26(24)32/h4-7,9-12,14-15,17,27,40H,8,13,16,18-19H2,1-3H3,(H,34,37)(H,35,39)/p+1. The summed E-state index contributed by atoms with van der Waals surface area (Å²) in [6.45, 7) is 6.28. The van der Waals surface area contributed by atoms with Gasteiger partial charge in [0, 0.05) is 34.8 Å². The molecule has 0 bridgehead atoms. The van der Waals surface area contributed by atoms with Crippen LogP contribution in [0.3, 0.4) is 0 Å². The van der Waals surface area contributed by atoms with Gasteiger partial charge in [-0.25, -0.2) is 0 Å². The van der Waals surface area contributed by atoms with Crippen LogP contribution in [-0.2, 0) is 33.0 Å². The molecule has 5 rings (SSSR count). The van der Waals surface area contributed by atoms with Gasteiger partial charge in [0.2, 0.25) is 5.91 Å². The second kappa shape index (κ2) is 11.2. The van der Waals surface area contributed by atoms with Crippen molar-refractivity contribution in [1.82, 2.24) is 10.2 Å². The summed E-state index contributed by atoms with van der Waals surface area (Å²) < 4.78 is 5.42. The van der Waals surface area contributed by atoms with E-state index < -0.39 is 23.2 Å². The normalized spacial score (nSPS) is 17.6.